The van der Waals surface area contributed by atoms with Gasteiger partial charge in [0, 0.05) is 16.7 Å². The van der Waals surface area contributed by atoms with Gasteiger partial charge in [-0.05, 0) is 42.7 Å². The molecule has 0 saturated heterocycles. The van der Waals surface area contributed by atoms with E-state index in [4.69, 9.17) is 0 Å². The molecule has 5 heteroatoms. The molecule has 2 aliphatic rings. The van der Waals surface area contributed by atoms with Crippen molar-refractivity contribution in [1.29, 1.82) is 0 Å². The van der Waals surface area contributed by atoms with E-state index >= 15 is 0 Å². The second kappa shape index (κ2) is 5.69. The van der Waals surface area contributed by atoms with Crippen LogP contribution in [0.3, 0.4) is 0 Å². The van der Waals surface area contributed by atoms with Crippen LogP contribution < -0.4 is 4.74 Å². The van der Waals surface area contributed by atoms with Gasteiger partial charge in [0.2, 0.25) is 0 Å². The Morgan fingerprint density at radius 2 is 2.00 bits per heavy atom. The molecule has 2 aliphatic carbocycles. The molecule has 2 unspecified atom stereocenters. The van der Waals surface area contributed by atoms with E-state index in [2.05, 4.69) is 35.7 Å². The van der Waals surface area contributed by atoms with Crippen LogP contribution in [0.5, 0.6) is 5.75 Å². The van der Waals surface area contributed by atoms with Gasteiger partial charge in [-0.25, -0.2) is 0 Å². The number of halogens is 2. The number of para-hydroxylation sites is 1. The lowest BCUT2D eigenvalue weighted by Crippen LogP contribution is -2.32. The molecule has 23 heavy (non-hydrogen) atoms. The topological polar surface area (TPSA) is 34.0 Å². The van der Waals surface area contributed by atoms with Gasteiger partial charge in [0.25, 0.3) is 0 Å². The molecule has 2 fully saturated rings. The number of ether oxygens (including phenoxy) is 1. The number of benzene rings is 1. The molecule has 124 valence electrons. The standard InChI is InChI=1S/C18H22F2N2O/c1-17(2)13-8-9-18(17,3)15(10-13)22-21-11-12-6-4-5-7-14(12)23-16(19)20/h4-7,11,13,16H,8-10H2,1-3H3. The highest BCUT2D eigenvalue weighted by molar-refractivity contribution is 5.95. The second-order valence-electron chi connectivity index (χ2n) is 7.20. The van der Waals surface area contributed by atoms with E-state index in [0.717, 1.165) is 18.6 Å². The van der Waals surface area contributed by atoms with Crippen molar-refractivity contribution in [3.8, 4) is 5.75 Å². The Morgan fingerprint density at radius 1 is 1.26 bits per heavy atom. The van der Waals surface area contributed by atoms with E-state index in [1.807, 2.05) is 0 Å². The molecule has 0 radical (unpaired) electrons. The first-order valence-electron chi connectivity index (χ1n) is 7.99. The Labute approximate surface area is 135 Å². The molecule has 3 nitrogen and oxygen atoms in total. The predicted octanol–water partition coefficient (Wildman–Crippen LogP) is 4.91. The minimum Gasteiger partial charge on any atom is -0.434 e. The van der Waals surface area contributed by atoms with Gasteiger partial charge in [-0.15, -0.1) is 0 Å². The van der Waals surface area contributed by atoms with Crippen LogP contribution in [0.15, 0.2) is 34.5 Å². The highest BCUT2D eigenvalue weighted by Crippen LogP contribution is 2.63. The number of hydrogen-bond donors (Lipinski definition) is 0. The molecular formula is C18H22F2N2O. The van der Waals surface area contributed by atoms with Crippen LogP contribution in [0.4, 0.5) is 8.78 Å². The number of nitrogens with zero attached hydrogens (tertiary/aromatic N) is 2. The third-order valence-electron chi connectivity index (χ3n) is 6.02. The first-order chi connectivity index (χ1) is 10.8. The van der Waals surface area contributed by atoms with Crippen molar-refractivity contribution >= 4 is 11.9 Å². The van der Waals surface area contributed by atoms with Gasteiger partial charge in [0.15, 0.2) is 0 Å². The second-order valence-corrected chi connectivity index (χ2v) is 7.20. The van der Waals surface area contributed by atoms with E-state index in [1.165, 1.54) is 18.7 Å². The highest BCUT2D eigenvalue weighted by Gasteiger charge is 2.59. The Bertz CT molecular complexity index is 654. The maximum absolute atomic E-state index is 12.4. The zero-order chi connectivity index (χ0) is 16.7. The summed E-state index contributed by atoms with van der Waals surface area (Å²) in [7, 11) is 0. The van der Waals surface area contributed by atoms with E-state index < -0.39 is 6.61 Å². The van der Waals surface area contributed by atoms with Crippen LogP contribution in [0.2, 0.25) is 0 Å². The van der Waals surface area contributed by atoms with Crippen molar-refractivity contribution in [3.05, 3.63) is 29.8 Å². The van der Waals surface area contributed by atoms with Crippen molar-refractivity contribution in [2.45, 2.75) is 46.6 Å². The van der Waals surface area contributed by atoms with Gasteiger partial charge in [-0.1, -0.05) is 32.9 Å². The maximum atomic E-state index is 12.4. The quantitative estimate of drug-likeness (QED) is 0.573. The fourth-order valence-electron chi connectivity index (χ4n) is 4.03. The summed E-state index contributed by atoms with van der Waals surface area (Å²) in [4.78, 5) is 0. The fraction of sp³-hybridized carbons (Fsp3) is 0.556. The average Bonchev–Trinajstić information content (AvgIpc) is 2.82. The molecule has 2 atom stereocenters. The van der Waals surface area contributed by atoms with Crippen LogP contribution in [-0.4, -0.2) is 18.5 Å². The summed E-state index contributed by atoms with van der Waals surface area (Å²) < 4.78 is 29.3. The van der Waals surface area contributed by atoms with Crippen molar-refractivity contribution < 1.29 is 13.5 Å². The Hall–Kier alpha value is -1.78. The Kier molecular flexibility index (Phi) is 3.98. The minimum absolute atomic E-state index is 0.0913. The van der Waals surface area contributed by atoms with Crippen LogP contribution >= 0.6 is 0 Å². The zero-order valence-electron chi connectivity index (χ0n) is 13.7. The summed E-state index contributed by atoms with van der Waals surface area (Å²) >= 11 is 0. The lowest BCUT2D eigenvalue weighted by Gasteiger charge is -2.34. The smallest absolute Gasteiger partial charge is 0.387 e. The number of alkyl halides is 2. The molecule has 3 rings (SSSR count). The summed E-state index contributed by atoms with van der Waals surface area (Å²) in [5.41, 5.74) is 1.97. The van der Waals surface area contributed by atoms with Crippen LogP contribution in [-0.2, 0) is 0 Å². The number of fused-ring (bicyclic) bond motifs is 2. The van der Waals surface area contributed by atoms with E-state index in [-0.39, 0.29) is 16.6 Å². The molecular weight excluding hydrogens is 298 g/mol. The van der Waals surface area contributed by atoms with Gasteiger partial charge in [0.05, 0.1) is 6.21 Å². The third-order valence-corrected chi connectivity index (χ3v) is 6.02. The third kappa shape index (κ3) is 2.66. The van der Waals surface area contributed by atoms with E-state index in [9.17, 15) is 8.78 Å². The van der Waals surface area contributed by atoms with Crippen molar-refractivity contribution in [2.75, 3.05) is 0 Å². The van der Waals surface area contributed by atoms with Crippen LogP contribution in [0, 0.1) is 16.7 Å². The Morgan fingerprint density at radius 3 is 2.61 bits per heavy atom. The van der Waals surface area contributed by atoms with Crippen LogP contribution in [0.1, 0.15) is 45.6 Å². The molecule has 0 heterocycles. The normalized spacial score (nSPS) is 30.7. The molecule has 1 aromatic rings. The summed E-state index contributed by atoms with van der Waals surface area (Å²) in [6.07, 6.45) is 4.87. The zero-order valence-corrected chi connectivity index (χ0v) is 13.7. The molecule has 2 saturated carbocycles. The van der Waals surface area contributed by atoms with Gasteiger partial charge < -0.3 is 4.74 Å². The summed E-state index contributed by atoms with van der Waals surface area (Å²) in [6, 6.07) is 6.60. The fourth-order valence-corrected chi connectivity index (χ4v) is 4.03. The molecule has 0 aliphatic heterocycles. The molecule has 2 bridgehead atoms. The van der Waals surface area contributed by atoms with E-state index in [0.29, 0.717) is 11.5 Å². The molecule has 0 spiro atoms. The average molecular weight is 320 g/mol. The minimum atomic E-state index is -2.85. The molecule has 1 aromatic carbocycles. The van der Waals surface area contributed by atoms with Gasteiger partial charge in [-0.3, -0.25) is 0 Å². The van der Waals surface area contributed by atoms with Gasteiger partial charge in [-0.2, -0.15) is 19.0 Å². The Balaban J connectivity index is 1.80. The predicted molar refractivity (Wildman–Crippen MR) is 87.3 cm³/mol. The molecule has 0 aromatic heterocycles. The lowest BCUT2D eigenvalue weighted by atomic mass is 9.70. The number of rotatable bonds is 4. The summed E-state index contributed by atoms with van der Waals surface area (Å²) in [5, 5.41) is 8.59. The summed E-state index contributed by atoms with van der Waals surface area (Å²) in [5.74, 6) is 0.779. The van der Waals surface area contributed by atoms with Crippen molar-refractivity contribution in [3.63, 3.8) is 0 Å². The largest absolute Gasteiger partial charge is 0.434 e. The number of hydrogen-bond acceptors (Lipinski definition) is 3. The first kappa shape index (κ1) is 16.1. The van der Waals surface area contributed by atoms with Crippen molar-refractivity contribution in [2.24, 2.45) is 27.0 Å². The van der Waals surface area contributed by atoms with Crippen LogP contribution in [0.25, 0.3) is 0 Å². The first-order valence-corrected chi connectivity index (χ1v) is 7.99. The van der Waals surface area contributed by atoms with Gasteiger partial charge >= 0.3 is 6.61 Å². The summed E-state index contributed by atoms with van der Waals surface area (Å²) in [6.45, 7) is 4.04. The molecule has 0 amide bonds. The monoisotopic (exact) mass is 320 g/mol. The van der Waals surface area contributed by atoms with Crippen molar-refractivity contribution in [1.82, 2.24) is 0 Å². The molecule has 0 N–H and O–H groups in total. The SMILES string of the molecule is CC12CCC(CC1=NN=Cc1ccccc1OC(F)F)C2(C)C. The maximum Gasteiger partial charge on any atom is 0.387 e. The van der Waals surface area contributed by atoms with E-state index in [1.54, 1.807) is 18.2 Å². The lowest BCUT2D eigenvalue weighted by molar-refractivity contribution is -0.0499. The highest BCUT2D eigenvalue weighted by atomic mass is 19.3. The van der Waals surface area contributed by atoms with Gasteiger partial charge in [0.1, 0.15) is 5.75 Å².